The highest BCUT2D eigenvalue weighted by Gasteiger charge is 2.34. The standard InChI is InChI=1S/C21H26ClN5O2.2ClH/c1-13-10-26(21(28)17(23)9-15-3-5-16(22)6-4-15)7-8-27(13)20-19-14(2)29-11-18(19)24-12-25-20;;/h3-6,12-14,17H,7-11,23H2,1-2H3;2*1H/t13-,14?,17+;;/m0../s1. The number of rotatable bonds is 4. The maximum absolute atomic E-state index is 12.9. The molecule has 0 radical (unpaired) electrons. The van der Waals surface area contributed by atoms with Crippen LogP contribution in [0.15, 0.2) is 30.6 Å². The van der Waals surface area contributed by atoms with Crippen molar-refractivity contribution in [2.75, 3.05) is 24.5 Å². The molecule has 1 amide bonds. The SMILES string of the molecule is CC1OCc2ncnc(N3CCN(C(=O)[C@H](N)Cc4ccc(Cl)cc4)C[C@@H]3C)c21.Cl.Cl. The molecule has 2 aliphatic rings. The van der Waals surface area contributed by atoms with Gasteiger partial charge in [-0.2, -0.15) is 0 Å². The summed E-state index contributed by atoms with van der Waals surface area (Å²) < 4.78 is 5.73. The van der Waals surface area contributed by atoms with Crippen molar-refractivity contribution < 1.29 is 9.53 Å². The van der Waals surface area contributed by atoms with E-state index in [2.05, 4.69) is 21.8 Å². The summed E-state index contributed by atoms with van der Waals surface area (Å²) in [4.78, 5) is 25.9. The largest absolute Gasteiger partial charge is 0.367 e. The third kappa shape index (κ3) is 5.41. The zero-order valence-electron chi connectivity index (χ0n) is 17.5. The molecule has 31 heavy (non-hydrogen) atoms. The molecule has 2 N–H and O–H groups in total. The molecule has 1 aromatic carbocycles. The molecule has 4 rings (SSSR count). The van der Waals surface area contributed by atoms with Crippen LogP contribution in [0.3, 0.4) is 0 Å². The molecule has 10 heteroatoms. The van der Waals surface area contributed by atoms with E-state index in [0.717, 1.165) is 22.6 Å². The normalized spacial score (nSPS) is 21.0. The van der Waals surface area contributed by atoms with Gasteiger partial charge in [0, 0.05) is 36.3 Å². The lowest BCUT2D eigenvalue weighted by molar-refractivity contribution is -0.133. The predicted molar refractivity (Wildman–Crippen MR) is 126 cm³/mol. The Labute approximate surface area is 200 Å². The third-order valence-corrected chi connectivity index (χ3v) is 5.97. The van der Waals surface area contributed by atoms with E-state index >= 15 is 0 Å². The summed E-state index contributed by atoms with van der Waals surface area (Å²) in [5.41, 5.74) is 9.26. The average molecular weight is 489 g/mol. The first-order valence-corrected chi connectivity index (χ1v) is 10.3. The van der Waals surface area contributed by atoms with E-state index in [-0.39, 0.29) is 42.9 Å². The number of benzene rings is 1. The van der Waals surface area contributed by atoms with Crippen LogP contribution in [0.2, 0.25) is 5.02 Å². The van der Waals surface area contributed by atoms with Gasteiger partial charge in [-0.1, -0.05) is 23.7 Å². The second-order valence-electron chi connectivity index (χ2n) is 7.77. The van der Waals surface area contributed by atoms with Gasteiger partial charge >= 0.3 is 0 Å². The fourth-order valence-electron chi connectivity index (χ4n) is 4.14. The lowest BCUT2D eigenvalue weighted by Gasteiger charge is -2.42. The van der Waals surface area contributed by atoms with Gasteiger partial charge in [-0.25, -0.2) is 9.97 Å². The van der Waals surface area contributed by atoms with Crippen molar-refractivity contribution in [1.82, 2.24) is 14.9 Å². The van der Waals surface area contributed by atoms with Crippen LogP contribution >= 0.6 is 36.4 Å². The number of piperazine rings is 1. The molecule has 1 fully saturated rings. The van der Waals surface area contributed by atoms with Gasteiger partial charge in [0.05, 0.1) is 24.4 Å². The van der Waals surface area contributed by atoms with Crippen molar-refractivity contribution in [2.24, 2.45) is 5.73 Å². The Bertz CT molecular complexity index is 899. The Balaban J connectivity index is 0.00000171. The Morgan fingerprint density at radius 3 is 2.61 bits per heavy atom. The molecule has 1 unspecified atom stereocenters. The number of nitrogens with zero attached hydrogens (tertiary/aromatic N) is 4. The Kier molecular flexibility index (Phi) is 8.92. The first-order valence-electron chi connectivity index (χ1n) is 9.95. The first kappa shape index (κ1) is 25.6. The van der Waals surface area contributed by atoms with Crippen LogP contribution in [-0.4, -0.2) is 52.5 Å². The molecule has 1 aromatic heterocycles. The summed E-state index contributed by atoms with van der Waals surface area (Å²) >= 11 is 5.93. The molecular formula is C21H28Cl3N5O2. The molecule has 0 saturated carbocycles. The summed E-state index contributed by atoms with van der Waals surface area (Å²) in [6.07, 6.45) is 2.08. The number of carbonyl (C=O) groups excluding carboxylic acids is 1. The number of amides is 1. The number of ether oxygens (including phenoxy) is 1. The minimum Gasteiger partial charge on any atom is -0.367 e. The van der Waals surface area contributed by atoms with Crippen LogP contribution in [0.5, 0.6) is 0 Å². The van der Waals surface area contributed by atoms with Gasteiger partial charge < -0.3 is 20.3 Å². The first-order chi connectivity index (χ1) is 13.9. The van der Waals surface area contributed by atoms with Crippen LogP contribution in [0.1, 0.15) is 36.8 Å². The van der Waals surface area contributed by atoms with Gasteiger partial charge in [0.25, 0.3) is 0 Å². The van der Waals surface area contributed by atoms with Gasteiger partial charge in [-0.15, -0.1) is 24.8 Å². The van der Waals surface area contributed by atoms with Crippen molar-refractivity contribution in [3.05, 3.63) is 52.4 Å². The van der Waals surface area contributed by atoms with Crippen molar-refractivity contribution in [1.29, 1.82) is 0 Å². The molecule has 1 saturated heterocycles. The maximum atomic E-state index is 12.9. The zero-order chi connectivity index (χ0) is 20.5. The smallest absolute Gasteiger partial charge is 0.239 e. The van der Waals surface area contributed by atoms with Crippen LogP contribution in [-0.2, 0) is 22.6 Å². The molecule has 3 heterocycles. The molecule has 7 nitrogen and oxygen atoms in total. The summed E-state index contributed by atoms with van der Waals surface area (Å²) in [7, 11) is 0. The Morgan fingerprint density at radius 1 is 1.23 bits per heavy atom. The van der Waals surface area contributed by atoms with Crippen LogP contribution in [0, 0.1) is 0 Å². The number of nitrogens with two attached hydrogens (primary N) is 1. The number of fused-ring (bicyclic) bond motifs is 1. The fourth-order valence-corrected chi connectivity index (χ4v) is 4.26. The van der Waals surface area contributed by atoms with E-state index in [9.17, 15) is 4.79 Å². The number of hydrogen-bond donors (Lipinski definition) is 1. The van der Waals surface area contributed by atoms with Gasteiger partial charge in [0.1, 0.15) is 12.1 Å². The minimum atomic E-state index is -0.563. The zero-order valence-corrected chi connectivity index (χ0v) is 19.9. The van der Waals surface area contributed by atoms with Crippen LogP contribution < -0.4 is 10.6 Å². The molecular weight excluding hydrogens is 461 g/mol. The predicted octanol–water partition coefficient (Wildman–Crippen LogP) is 3.17. The fraction of sp³-hybridized carbons (Fsp3) is 0.476. The van der Waals surface area contributed by atoms with E-state index in [1.54, 1.807) is 6.33 Å². The highest BCUT2D eigenvalue weighted by atomic mass is 35.5. The molecule has 0 aliphatic carbocycles. The van der Waals surface area contributed by atoms with Crippen molar-refractivity contribution in [3.8, 4) is 0 Å². The lowest BCUT2D eigenvalue weighted by Crippen LogP contribution is -2.57. The monoisotopic (exact) mass is 487 g/mol. The molecule has 0 bridgehead atoms. The van der Waals surface area contributed by atoms with Crippen molar-refractivity contribution in [3.63, 3.8) is 0 Å². The Hall–Kier alpha value is -1.64. The van der Waals surface area contributed by atoms with Crippen LogP contribution in [0.25, 0.3) is 0 Å². The van der Waals surface area contributed by atoms with Crippen LogP contribution in [0.4, 0.5) is 5.82 Å². The van der Waals surface area contributed by atoms with Gasteiger partial charge in [0.15, 0.2) is 0 Å². The van der Waals surface area contributed by atoms with Crippen molar-refractivity contribution in [2.45, 2.75) is 45.1 Å². The highest BCUT2D eigenvalue weighted by molar-refractivity contribution is 6.30. The second-order valence-corrected chi connectivity index (χ2v) is 8.21. The summed E-state index contributed by atoms with van der Waals surface area (Å²) in [5.74, 6) is 0.904. The van der Waals surface area contributed by atoms with Gasteiger partial charge in [-0.05, 0) is 38.0 Å². The highest BCUT2D eigenvalue weighted by Crippen LogP contribution is 2.36. The average Bonchev–Trinajstić information content (AvgIpc) is 3.10. The Morgan fingerprint density at radius 2 is 1.94 bits per heavy atom. The van der Waals surface area contributed by atoms with E-state index in [4.69, 9.17) is 22.1 Å². The number of carbonyl (C=O) groups is 1. The molecule has 170 valence electrons. The summed E-state index contributed by atoms with van der Waals surface area (Å²) in [6.45, 7) is 6.60. The molecule has 3 atom stereocenters. The summed E-state index contributed by atoms with van der Waals surface area (Å²) in [6, 6.07) is 7.03. The maximum Gasteiger partial charge on any atom is 0.239 e. The van der Waals surface area contributed by atoms with Gasteiger partial charge in [0.2, 0.25) is 5.91 Å². The van der Waals surface area contributed by atoms with E-state index in [0.29, 0.717) is 37.7 Å². The number of anilines is 1. The number of aromatic nitrogens is 2. The number of halogens is 3. The molecule has 2 aliphatic heterocycles. The lowest BCUT2D eigenvalue weighted by atomic mass is 10.0. The van der Waals surface area contributed by atoms with E-state index in [1.807, 2.05) is 36.1 Å². The third-order valence-electron chi connectivity index (χ3n) is 5.72. The van der Waals surface area contributed by atoms with E-state index in [1.165, 1.54) is 0 Å². The summed E-state index contributed by atoms with van der Waals surface area (Å²) in [5, 5.41) is 0.675. The topological polar surface area (TPSA) is 84.6 Å². The van der Waals surface area contributed by atoms with Crippen molar-refractivity contribution >= 4 is 48.1 Å². The number of hydrogen-bond acceptors (Lipinski definition) is 6. The van der Waals surface area contributed by atoms with Gasteiger partial charge in [-0.3, -0.25) is 4.79 Å². The second kappa shape index (κ2) is 10.8. The molecule has 0 spiro atoms. The quantitative estimate of drug-likeness (QED) is 0.711. The minimum absolute atomic E-state index is 0. The molecule has 2 aromatic rings. The van der Waals surface area contributed by atoms with E-state index < -0.39 is 6.04 Å².